The van der Waals surface area contributed by atoms with Crippen LogP contribution in [-0.2, 0) is 11.2 Å². The molecule has 0 atom stereocenters. The summed E-state index contributed by atoms with van der Waals surface area (Å²) < 4.78 is 6.98. The summed E-state index contributed by atoms with van der Waals surface area (Å²) in [6, 6.07) is 8.83. The molecule has 0 amide bonds. The van der Waals surface area contributed by atoms with Crippen molar-refractivity contribution < 1.29 is 4.74 Å². The normalized spacial score (nSPS) is 11.2. The first-order chi connectivity index (χ1) is 9.40. The van der Waals surface area contributed by atoms with E-state index in [1.807, 2.05) is 0 Å². The van der Waals surface area contributed by atoms with Crippen molar-refractivity contribution in [2.75, 3.05) is 32.8 Å². The van der Waals surface area contributed by atoms with Gasteiger partial charge in [-0.05, 0) is 54.4 Å². The molecule has 0 fully saturated rings. The average molecular weight is 278 g/mol. The van der Waals surface area contributed by atoms with Gasteiger partial charge < -0.3 is 15.8 Å². The molecular formula is C15H22N2OS. The quantitative estimate of drug-likeness (QED) is 0.692. The lowest BCUT2D eigenvalue weighted by Gasteiger charge is -2.06. The Balaban J connectivity index is 1.60. The zero-order chi connectivity index (χ0) is 13.3. The molecule has 4 heteroatoms. The molecule has 2 aromatic rings. The van der Waals surface area contributed by atoms with E-state index in [-0.39, 0.29) is 0 Å². The predicted molar refractivity (Wildman–Crippen MR) is 82.9 cm³/mol. The van der Waals surface area contributed by atoms with Crippen molar-refractivity contribution in [2.24, 2.45) is 5.73 Å². The van der Waals surface area contributed by atoms with E-state index in [1.54, 1.807) is 11.3 Å². The van der Waals surface area contributed by atoms with Crippen LogP contribution in [-0.4, -0.2) is 32.8 Å². The van der Waals surface area contributed by atoms with Gasteiger partial charge in [0.05, 0.1) is 13.2 Å². The third kappa shape index (κ3) is 4.91. The molecule has 0 aliphatic carbocycles. The van der Waals surface area contributed by atoms with Crippen molar-refractivity contribution >= 4 is 21.4 Å². The van der Waals surface area contributed by atoms with Gasteiger partial charge in [0, 0.05) is 11.2 Å². The van der Waals surface area contributed by atoms with Gasteiger partial charge in [0.15, 0.2) is 0 Å². The molecule has 1 heterocycles. The largest absolute Gasteiger partial charge is 0.380 e. The minimum atomic E-state index is 0.749. The standard InChI is InChI=1S/C15H22N2OS/c16-6-1-7-17-8-10-18-9-4-13-2-3-15-14(12-13)5-11-19-15/h2-3,5,11-12,17H,1,4,6-10,16H2. The zero-order valence-corrected chi connectivity index (χ0v) is 12.0. The summed E-state index contributed by atoms with van der Waals surface area (Å²) >= 11 is 1.79. The average Bonchev–Trinajstić information content (AvgIpc) is 2.89. The summed E-state index contributed by atoms with van der Waals surface area (Å²) in [6.07, 6.45) is 2.01. The third-order valence-electron chi connectivity index (χ3n) is 3.03. The molecule has 1 aromatic carbocycles. The van der Waals surface area contributed by atoms with Crippen LogP contribution in [0.4, 0.5) is 0 Å². The first-order valence-electron chi connectivity index (χ1n) is 6.85. The number of nitrogens with two attached hydrogens (primary N) is 1. The minimum absolute atomic E-state index is 0.749. The number of hydrogen-bond donors (Lipinski definition) is 2. The third-order valence-corrected chi connectivity index (χ3v) is 3.93. The number of thiophene rings is 1. The molecule has 104 valence electrons. The SMILES string of the molecule is NCCCNCCOCCc1ccc2sccc2c1. The Hall–Kier alpha value is -0.940. The summed E-state index contributed by atoms with van der Waals surface area (Å²) in [4.78, 5) is 0. The fraction of sp³-hybridized carbons (Fsp3) is 0.467. The van der Waals surface area contributed by atoms with Gasteiger partial charge in [-0.25, -0.2) is 0 Å². The van der Waals surface area contributed by atoms with E-state index in [0.717, 1.165) is 45.7 Å². The molecule has 0 spiro atoms. The van der Waals surface area contributed by atoms with Crippen molar-refractivity contribution in [3.63, 3.8) is 0 Å². The smallest absolute Gasteiger partial charge is 0.0591 e. The lowest BCUT2D eigenvalue weighted by Crippen LogP contribution is -2.23. The van der Waals surface area contributed by atoms with Gasteiger partial charge in [-0.2, -0.15) is 0 Å². The van der Waals surface area contributed by atoms with E-state index in [1.165, 1.54) is 15.6 Å². The Morgan fingerprint density at radius 3 is 3.00 bits per heavy atom. The van der Waals surface area contributed by atoms with Crippen LogP contribution in [0.3, 0.4) is 0 Å². The van der Waals surface area contributed by atoms with Crippen molar-refractivity contribution in [3.05, 3.63) is 35.2 Å². The maximum absolute atomic E-state index is 5.62. The summed E-state index contributed by atoms with van der Waals surface area (Å²) in [7, 11) is 0. The van der Waals surface area contributed by atoms with E-state index in [4.69, 9.17) is 10.5 Å². The van der Waals surface area contributed by atoms with Crippen molar-refractivity contribution in [1.82, 2.24) is 5.32 Å². The van der Waals surface area contributed by atoms with Crippen LogP contribution in [0.5, 0.6) is 0 Å². The second-order valence-corrected chi connectivity index (χ2v) is 5.50. The van der Waals surface area contributed by atoms with E-state index in [9.17, 15) is 0 Å². The Morgan fingerprint density at radius 1 is 1.16 bits per heavy atom. The molecule has 0 bridgehead atoms. The van der Waals surface area contributed by atoms with Crippen LogP contribution in [0.15, 0.2) is 29.6 Å². The maximum Gasteiger partial charge on any atom is 0.0591 e. The molecule has 0 saturated carbocycles. The highest BCUT2D eigenvalue weighted by atomic mass is 32.1. The summed E-state index contributed by atoms with van der Waals surface area (Å²) in [5, 5.41) is 6.78. The van der Waals surface area contributed by atoms with Crippen molar-refractivity contribution in [1.29, 1.82) is 0 Å². The number of hydrogen-bond acceptors (Lipinski definition) is 4. The van der Waals surface area contributed by atoms with Gasteiger partial charge in [0.1, 0.15) is 0 Å². The van der Waals surface area contributed by atoms with Crippen LogP contribution < -0.4 is 11.1 Å². The molecule has 3 nitrogen and oxygen atoms in total. The van der Waals surface area contributed by atoms with E-state index < -0.39 is 0 Å². The lowest BCUT2D eigenvalue weighted by molar-refractivity contribution is 0.139. The van der Waals surface area contributed by atoms with Crippen LogP contribution in [0.2, 0.25) is 0 Å². The van der Waals surface area contributed by atoms with Gasteiger partial charge in [-0.15, -0.1) is 11.3 Å². The van der Waals surface area contributed by atoms with Crippen LogP contribution in [0, 0.1) is 0 Å². The molecule has 19 heavy (non-hydrogen) atoms. The fourth-order valence-corrected chi connectivity index (χ4v) is 2.73. The second-order valence-electron chi connectivity index (χ2n) is 4.55. The van der Waals surface area contributed by atoms with Gasteiger partial charge in [-0.1, -0.05) is 12.1 Å². The zero-order valence-electron chi connectivity index (χ0n) is 11.2. The lowest BCUT2D eigenvalue weighted by atomic mass is 10.1. The highest BCUT2D eigenvalue weighted by molar-refractivity contribution is 7.17. The van der Waals surface area contributed by atoms with E-state index in [0.29, 0.717) is 0 Å². The highest BCUT2D eigenvalue weighted by Crippen LogP contribution is 2.21. The Bertz CT molecular complexity index is 484. The first kappa shape index (κ1) is 14.5. The molecule has 3 N–H and O–H groups in total. The van der Waals surface area contributed by atoms with Gasteiger partial charge in [-0.3, -0.25) is 0 Å². The highest BCUT2D eigenvalue weighted by Gasteiger charge is 1.98. The Morgan fingerprint density at radius 2 is 2.11 bits per heavy atom. The first-order valence-corrected chi connectivity index (χ1v) is 7.73. The molecule has 0 unspecified atom stereocenters. The number of rotatable bonds is 9. The van der Waals surface area contributed by atoms with E-state index in [2.05, 4.69) is 35.0 Å². The molecule has 0 aliphatic rings. The monoisotopic (exact) mass is 278 g/mol. The predicted octanol–water partition coefficient (Wildman–Crippen LogP) is 2.40. The summed E-state index contributed by atoms with van der Waals surface area (Å²) in [5.74, 6) is 0. The minimum Gasteiger partial charge on any atom is -0.380 e. The van der Waals surface area contributed by atoms with Gasteiger partial charge in [0.25, 0.3) is 0 Å². The Labute approximate surface area is 118 Å². The Kier molecular flexibility index (Phi) is 6.30. The molecule has 2 rings (SSSR count). The number of nitrogens with one attached hydrogen (secondary N) is 1. The van der Waals surface area contributed by atoms with Crippen LogP contribution >= 0.6 is 11.3 Å². The summed E-state index contributed by atoms with van der Waals surface area (Å²) in [6.45, 7) is 4.19. The van der Waals surface area contributed by atoms with Gasteiger partial charge in [0.2, 0.25) is 0 Å². The molecular weight excluding hydrogens is 256 g/mol. The molecule has 0 radical (unpaired) electrons. The molecule has 0 saturated heterocycles. The second kappa shape index (κ2) is 8.27. The van der Waals surface area contributed by atoms with E-state index >= 15 is 0 Å². The maximum atomic E-state index is 5.62. The molecule has 0 aliphatic heterocycles. The van der Waals surface area contributed by atoms with Crippen molar-refractivity contribution in [3.8, 4) is 0 Å². The number of benzene rings is 1. The topological polar surface area (TPSA) is 47.3 Å². The summed E-state index contributed by atoms with van der Waals surface area (Å²) in [5.41, 5.74) is 6.77. The van der Waals surface area contributed by atoms with Crippen molar-refractivity contribution in [2.45, 2.75) is 12.8 Å². The van der Waals surface area contributed by atoms with Gasteiger partial charge >= 0.3 is 0 Å². The van der Waals surface area contributed by atoms with Crippen LogP contribution in [0.1, 0.15) is 12.0 Å². The number of fused-ring (bicyclic) bond motifs is 1. The fourth-order valence-electron chi connectivity index (χ4n) is 1.96. The van der Waals surface area contributed by atoms with Crippen LogP contribution in [0.25, 0.3) is 10.1 Å². The molecule has 1 aromatic heterocycles. The number of ether oxygens (including phenoxy) is 1.